The number of hydrogen-bond donors (Lipinski definition) is 3. The monoisotopic (exact) mass is 465 g/mol. The molecule has 1 fully saturated rings. The second-order valence-corrected chi connectivity index (χ2v) is 8.48. The molecule has 0 spiro atoms. The molecule has 11 heteroatoms. The van der Waals surface area contributed by atoms with Crippen molar-refractivity contribution in [3.8, 4) is 5.75 Å². The number of hydrogen-bond acceptors (Lipinski definition) is 9. The van der Waals surface area contributed by atoms with E-state index in [4.69, 9.17) is 10.5 Å². The molecule has 2 amide bonds. The molecule has 0 radical (unpaired) electrons. The van der Waals surface area contributed by atoms with Crippen molar-refractivity contribution in [2.24, 2.45) is 5.73 Å². The number of nitrogens with zero attached hydrogens (tertiary/aromatic N) is 4. The molecule has 4 heterocycles. The summed E-state index contributed by atoms with van der Waals surface area (Å²) in [7, 11) is 1.54. The van der Waals surface area contributed by atoms with E-state index in [9.17, 15) is 9.59 Å². The molecule has 1 aromatic carbocycles. The Morgan fingerprint density at radius 1 is 1.27 bits per heavy atom. The number of anilines is 4. The Morgan fingerprint density at radius 2 is 2.09 bits per heavy atom. The van der Waals surface area contributed by atoms with Gasteiger partial charge in [-0.05, 0) is 18.2 Å². The van der Waals surface area contributed by atoms with Gasteiger partial charge in [0.2, 0.25) is 0 Å². The van der Waals surface area contributed by atoms with E-state index in [0.717, 1.165) is 31.9 Å². The lowest BCUT2D eigenvalue weighted by Gasteiger charge is -2.30. The van der Waals surface area contributed by atoms with Crippen LogP contribution in [0.5, 0.6) is 5.75 Å². The van der Waals surface area contributed by atoms with Crippen LogP contribution in [0.25, 0.3) is 0 Å². The first-order valence-corrected chi connectivity index (χ1v) is 11.4. The highest BCUT2D eigenvalue weighted by Gasteiger charge is 2.39. The zero-order valence-corrected chi connectivity index (χ0v) is 18.8. The maximum Gasteiger partial charge on any atom is 0.275 e. The van der Waals surface area contributed by atoms with E-state index >= 15 is 0 Å². The van der Waals surface area contributed by atoms with Gasteiger partial charge in [0, 0.05) is 43.3 Å². The lowest BCUT2D eigenvalue weighted by Crippen LogP contribution is -2.43. The SMILES string of the molecule is COc1cccc2c1C(N)C(=O)N2c1nc(C(=O)Nc2cnccc2N2CCNCC2)cs1. The summed E-state index contributed by atoms with van der Waals surface area (Å²) in [6.45, 7) is 3.44. The van der Waals surface area contributed by atoms with Gasteiger partial charge in [0.15, 0.2) is 5.13 Å². The maximum atomic E-state index is 13.0. The first kappa shape index (κ1) is 21.3. The van der Waals surface area contributed by atoms with Gasteiger partial charge in [-0.1, -0.05) is 6.07 Å². The number of ether oxygens (including phenoxy) is 1. The first-order valence-electron chi connectivity index (χ1n) is 10.5. The minimum atomic E-state index is -0.852. The Bertz CT molecular complexity index is 1210. The molecule has 3 aromatic rings. The highest BCUT2D eigenvalue weighted by molar-refractivity contribution is 7.14. The van der Waals surface area contributed by atoms with Crippen LogP contribution in [0.1, 0.15) is 22.1 Å². The van der Waals surface area contributed by atoms with Crippen molar-refractivity contribution in [1.82, 2.24) is 15.3 Å². The Morgan fingerprint density at radius 3 is 2.88 bits per heavy atom. The van der Waals surface area contributed by atoms with Crippen LogP contribution in [0.3, 0.4) is 0 Å². The van der Waals surface area contributed by atoms with E-state index in [2.05, 4.69) is 25.5 Å². The number of thiazole rings is 1. The highest BCUT2D eigenvalue weighted by Crippen LogP contribution is 2.45. The number of carbonyl (C=O) groups is 2. The van der Waals surface area contributed by atoms with Gasteiger partial charge >= 0.3 is 0 Å². The van der Waals surface area contributed by atoms with Crippen molar-refractivity contribution >= 4 is 45.3 Å². The standard InChI is InChI=1S/C22H23N7O3S/c1-32-17-4-2-3-16-18(17)19(23)21(31)29(16)22-27-14(12-33-22)20(30)26-13-11-25-6-5-15(13)28-9-7-24-8-10-28/h2-6,11-12,19,24H,7-10,23H2,1H3,(H,26,30). The van der Waals surface area contributed by atoms with Crippen LogP contribution in [0.2, 0.25) is 0 Å². The number of benzene rings is 1. The third-order valence-corrected chi connectivity index (χ3v) is 6.55. The van der Waals surface area contributed by atoms with Crippen LogP contribution >= 0.6 is 11.3 Å². The van der Waals surface area contributed by atoms with E-state index in [-0.39, 0.29) is 17.5 Å². The van der Waals surface area contributed by atoms with Gasteiger partial charge in [-0.3, -0.25) is 19.5 Å². The second-order valence-electron chi connectivity index (χ2n) is 7.64. The molecular weight excluding hydrogens is 442 g/mol. The largest absolute Gasteiger partial charge is 0.496 e. The summed E-state index contributed by atoms with van der Waals surface area (Å²) in [6, 6.07) is 6.38. The van der Waals surface area contributed by atoms with Crippen molar-refractivity contribution < 1.29 is 14.3 Å². The van der Waals surface area contributed by atoms with Crippen molar-refractivity contribution in [1.29, 1.82) is 0 Å². The second kappa shape index (κ2) is 8.77. The molecular formula is C22H23N7O3S. The molecule has 4 N–H and O–H groups in total. The summed E-state index contributed by atoms with van der Waals surface area (Å²) in [5, 5.41) is 8.24. The number of amides is 2. The molecule has 0 saturated carbocycles. The molecule has 2 aromatic heterocycles. The van der Waals surface area contributed by atoms with E-state index in [1.54, 1.807) is 36.0 Å². The molecule has 1 atom stereocenters. The smallest absolute Gasteiger partial charge is 0.275 e. The average molecular weight is 466 g/mol. The third-order valence-electron chi connectivity index (χ3n) is 5.72. The number of pyridine rings is 1. The highest BCUT2D eigenvalue weighted by atomic mass is 32.1. The predicted molar refractivity (Wildman–Crippen MR) is 126 cm³/mol. The van der Waals surface area contributed by atoms with E-state index in [1.165, 1.54) is 23.3 Å². The molecule has 10 nitrogen and oxygen atoms in total. The van der Waals surface area contributed by atoms with Crippen molar-refractivity contribution in [2.75, 3.05) is 48.4 Å². The van der Waals surface area contributed by atoms with Crippen molar-refractivity contribution in [3.63, 3.8) is 0 Å². The summed E-state index contributed by atoms with van der Waals surface area (Å²) >= 11 is 1.20. The fourth-order valence-electron chi connectivity index (χ4n) is 4.12. The maximum absolute atomic E-state index is 13.0. The van der Waals surface area contributed by atoms with E-state index in [1.807, 2.05) is 6.07 Å². The summed E-state index contributed by atoms with van der Waals surface area (Å²) < 4.78 is 5.38. The van der Waals surface area contributed by atoms with Gasteiger partial charge in [-0.2, -0.15) is 0 Å². The number of fused-ring (bicyclic) bond motifs is 1. The van der Waals surface area contributed by atoms with Gasteiger partial charge in [0.1, 0.15) is 17.5 Å². The van der Waals surface area contributed by atoms with Gasteiger partial charge in [-0.15, -0.1) is 11.3 Å². The Kier molecular flexibility index (Phi) is 5.67. The fourth-order valence-corrected chi connectivity index (χ4v) is 4.94. The minimum absolute atomic E-state index is 0.211. The first-order chi connectivity index (χ1) is 16.1. The number of methoxy groups -OCH3 is 1. The molecule has 0 aliphatic carbocycles. The van der Waals surface area contributed by atoms with Crippen LogP contribution in [-0.4, -0.2) is 55.1 Å². The summed E-state index contributed by atoms with van der Waals surface area (Å²) in [4.78, 5) is 38.2. The predicted octanol–water partition coefficient (Wildman–Crippen LogP) is 1.89. The van der Waals surface area contributed by atoms with Crippen LogP contribution in [0.4, 0.5) is 22.2 Å². The zero-order chi connectivity index (χ0) is 22.9. The number of carbonyl (C=O) groups excluding carboxylic acids is 2. The van der Waals surface area contributed by atoms with Crippen molar-refractivity contribution in [3.05, 3.63) is 53.3 Å². The van der Waals surface area contributed by atoms with Crippen LogP contribution in [-0.2, 0) is 4.79 Å². The average Bonchev–Trinajstić information content (AvgIpc) is 3.43. The van der Waals surface area contributed by atoms with E-state index < -0.39 is 6.04 Å². The lowest BCUT2D eigenvalue weighted by molar-refractivity contribution is -0.118. The summed E-state index contributed by atoms with van der Waals surface area (Å²) in [5.41, 5.74) is 9.13. The Labute approximate surface area is 194 Å². The molecule has 1 unspecified atom stereocenters. The molecule has 2 aliphatic heterocycles. The van der Waals surface area contributed by atoms with Crippen molar-refractivity contribution in [2.45, 2.75) is 6.04 Å². The Hall–Kier alpha value is -3.54. The quantitative estimate of drug-likeness (QED) is 0.522. The van der Waals surface area contributed by atoms with Gasteiger partial charge in [0.25, 0.3) is 11.8 Å². The van der Waals surface area contributed by atoms with Crippen LogP contribution < -0.4 is 30.9 Å². The van der Waals surface area contributed by atoms with Crippen LogP contribution in [0.15, 0.2) is 42.0 Å². The number of aromatic nitrogens is 2. The number of rotatable bonds is 5. The minimum Gasteiger partial charge on any atom is -0.496 e. The van der Waals surface area contributed by atoms with Gasteiger partial charge in [-0.25, -0.2) is 4.98 Å². The number of piperazine rings is 1. The van der Waals surface area contributed by atoms with Gasteiger partial charge < -0.3 is 26.0 Å². The molecule has 5 rings (SSSR count). The Balaban J connectivity index is 1.40. The molecule has 0 bridgehead atoms. The van der Waals surface area contributed by atoms with Gasteiger partial charge in [0.05, 0.1) is 30.4 Å². The summed E-state index contributed by atoms with van der Waals surface area (Å²) in [6.07, 6.45) is 3.34. The molecule has 2 aliphatic rings. The number of nitrogens with one attached hydrogen (secondary N) is 2. The molecule has 33 heavy (non-hydrogen) atoms. The molecule has 170 valence electrons. The normalized spacial score (nSPS) is 17.8. The zero-order valence-electron chi connectivity index (χ0n) is 17.9. The van der Waals surface area contributed by atoms with E-state index in [0.29, 0.717) is 27.8 Å². The lowest BCUT2D eigenvalue weighted by atomic mass is 10.1. The number of nitrogens with two attached hydrogens (primary N) is 1. The third kappa shape index (κ3) is 3.80. The summed E-state index contributed by atoms with van der Waals surface area (Å²) in [5.74, 6) is -0.143. The topological polar surface area (TPSA) is 126 Å². The fraction of sp³-hybridized carbons (Fsp3) is 0.273. The molecule has 1 saturated heterocycles. The van der Waals surface area contributed by atoms with Crippen LogP contribution in [0, 0.1) is 0 Å².